The summed E-state index contributed by atoms with van der Waals surface area (Å²) in [4.78, 5) is 25.6. The third-order valence-electron chi connectivity index (χ3n) is 6.42. The lowest BCUT2D eigenvalue weighted by Crippen LogP contribution is -2.12. The number of benzene rings is 3. The molecule has 5 rings (SSSR count). The van der Waals surface area contributed by atoms with Crippen LogP contribution in [0.1, 0.15) is 6.42 Å². The highest BCUT2D eigenvalue weighted by molar-refractivity contribution is 7.99. The van der Waals surface area contributed by atoms with Crippen LogP contribution in [0, 0.1) is 0 Å². The molecule has 11 heteroatoms. The highest BCUT2D eigenvalue weighted by atomic mass is 32.2. The van der Waals surface area contributed by atoms with Crippen molar-refractivity contribution < 1.29 is 23.7 Å². The van der Waals surface area contributed by atoms with Crippen molar-refractivity contribution in [2.24, 2.45) is 0 Å². The summed E-state index contributed by atoms with van der Waals surface area (Å²) in [6.45, 7) is 0. The first-order valence-electron chi connectivity index (χ1n) is 13.0. The number of carbonyl (C=O) groups excluding carboxylic acids is 1. The van der Waals surface area contributed by atoms with E-state index in [2.05, 4.69) is 15.3 Å². The fourth-order valence-corrected chi connectivity index (χ4v) is 5.77. The van der Waals surface area contributed by atoms with Gasteiger partial charge in [-0.15, -0.1) is 11.3 Å². The predicted octanol–water partition coefficient (Wildman–Crippen LogP) is 7.02. The van der Waals surface area contributed by atoms with Gasteiger partial charge in [0.1, 0.15) is 11.5 Å². The highest BCUT2D eigenvalue weighted by Gasteiger charge is 2.16. The van der Waals surface area contributed by atoms with Crippen molar-refractivity contribution in [1.82, 2.24) is 15.0 Å². The molecule has 0 aliphatic carbocycles. The van der Waals surface area contributed by atoms with E-state index < -0.39 is 0 Å². The third kappa shape index (κ3) is 6.69. The summed E-state index contributed by atoms with van der Waals surface area (Å²) < 4.78 is 21.3. The van der Waals surface area contributed by atoms with Gasteiger partial charge in [-0.3, -0.25) is 4.79 Å². The first kappa shape index (κ1) is 29.0. The average molecular weight is 603 g/mol. The van der Waals surface area contributed by atoms with Crippen LogP contribution >= 0.6 is 23.1 Å². The van der Waals surface area contributed by atoms with Crippen molar-refractivity contribution in [2.45, 2.75) is 11.6 Å². The summed E-state index contributed by atoms with van der Waals surface area (Å²) in [5.74, 6) is 3.24. The minimum Gasteiger partial charge on any atom is -0.497 e. The standard InChI is InChI=1S/C31H30N4O5S2/c1-37-22-10-5-19(6-11-22)28-29(20-7-12-23(38-2)13-8-20)35-31(34-28)41-16-15-27(36)33-30-32-24(18-42-30)21-9-14-25(39-3)26(17-21)40-4/h5-14,17-18H,15-16H2,1-4H3,(H,34,35)(H,32,33,36). The van der Waals surface area contributed by atoms with Crippen molar-refractivity contribution in [3.05, 3.63) is 72.1 Å². The first-order chi connectivity index (χ1) is 20.5. The Bertz CT molecular complexity index is 1580. The Kier molecular flexibility index (Phi) is 9.30. The number of methoxy groups -OCH3 is 4. The number of aromatic nitrogens is 3. The van der Waals surface area contributed by atoms with Gasteiger partial charge in [0.05, 0.1) is 45.5 Å². The van der Waals surface area contributed by atoms with Crippen LogP contribution in [-0.4, -0.2) is 55.1 Å². The molecule has 3 aromatic carbocycles. The molecule has 0 aliphatic heterocycles. The number of aromatic amines is 1. The van der Waals surface area contributed by atoms with E-state index in [4.69, 9.17) is 23.9 Å². The molecule has 0 saturated carbocycles. The molecule has 0 fully saturated rings. The molecule has 2 heterocycles. The van der Waals surface area contributed by atoms with Crippen molar-refractivity contribution in [1.29, 1.82) is 0 Å². The number of amides is 1. The van der Waals surface area contributed by atoms with E-state index in [1.54, 1.807) is 28.4 Å². The van der Waals surface area contributed by atoms with E-state index in [1.165, 1.54) is 23.1 Å². The molecular weight excluding hydrogens is 572 g/mol. The number of rotatable bonds is 12. The van der Waals surface area contributed by atoms with Gasteiger partial charge in [0.25, 0.3) is 0 Å². The second-order valence-corrected chi connectivity index (χ2v) is 10.9. The summed E-state index contributed by atoms with van der Waals surface area (Å²) in [7, 11) is 6.47. The van der Waals surface area contributed by atoms with E-state index in [9.17, 15) is 4.79 Å². The zero-order chi connectivity index (χ0) is 29.5. The summed E-state index contributed by atoms with van der Waals surface area (Å²) in [6.07, 6.45) is 0.298. The molecule has 0 spiro atoms. The zero-order valence-electron chi connectivity index (χ0n) is 23.6. The fraction of sp³-hybridized carbons (Fsp3) is 0.194. The van der Waals surface area contributed by atoms with Gasteiger partial charge in [0.2, 0.25) is 5.91 Å². The van der Waals surface area contributed by atoms with Gasteiger partial charge in [0.15, 0.2) is 21.8 Å². The summed E-state index contributed by atoms with van der Waals surface area (Å²) in [5, 5.41) is 6.07. The Hall–Kier alpha value is -4.48. The third-order valence-corrected chi connectivity index (χ3v) is 8.05. The average Bonchev–Trinajstić information content (AvgIpc) is 3.68. The van der Waals surface area contributed by atoms with Crippen LogP contribution in [0.2, 0.25) is 0 Å². The maximum Gasteiger partial charge on any atom is 0.226 e. The van der Waals surface area contributed by atoms with Crippen LogP contribution in [0.15, 0.2) is 77.3 Å². The number of H-pyrrole nitrogens is 1. The van der Waals surface area contributed by atoms with Crippen LogP contribution in [0.25, 0.3) is 33.8 Å². The van der Waals surface area contributed by atoms with Gasteiger partial charge < -0.3 is 29.2 Å². The summed E-state index contributed by atoms with van der Waals surface area (Å²) in [6, 6.07) is 21.2. The Morgan fingerprint density at radius 2 is 1.45 bits per heavy atom. The molecule has 2 aromatic heterocycles. The number of nitrogens with zero attached hydrogens (tertiary/aromatic N) is 2. The van der Waals surface area contributed by atoms with Gasteiger partial charge in [-0.1, -0.05) is 11.8 Å². The summed E-state index contributed by atoms with van der Waals surface area (Å²) in [5.41, 5.74) is 5.27. The molecule has 42 heavy (non-hydrogen) atoms. The van der Waals surface area contributed by atoms with Crippen molar-refractivity contribution in [3.63, 3.8) is 0 Å². The Morgan fingerprint density at radius 3 is 2.10 bits per heavy atom. The van der Waals surface area contributed by atoms with Crippen LogP contribution in [0.4, 0.5) is 5.13 Å². The molecule has 9 nitrogen and oxygen atoms in total. The molecule has 2 N–H and O–H groups in total. The topological polar surface area (TPSA) is 108 Å². The minimum absolute atomic E-state index is 0.118. The lowest BCUT2D eigenvalue weighted by atomic mass is 10.0. The number of carbonyl (C=O) groups is 1. The number of anilines is 1. The minimum atomic E-state index is -0.118. The molecular formula is C31H30N4O5S2. The lowest BCUT2D eigenvalue weighted by Gasteiger charge is -2.08. The maximum absolute atomic E-state index is 12.7. The molecule has 0 unspecified atom stereocenters. The van der Waals surface area contributed by atoms with Crippen molar-refractivity contribution in [2.75, 3.05) is 39.5 Å². The number of nitrogens with one attached hydrogen (secondary N) is 2. The van der Waals surface area contributed by atoms with Crippen LogP contribution < -0.4 is 24.3 Å². The molecule has 1 amide bonds. The lowest BCUT2D eigenvalue weighted by molar-refractivity contribution is -0.115. The van der Waals surface area contributed by atoms with Crippen LogP contribution in [0.5, 0.6) is 23.0 Å². The first-order valence-corrected chi connectivity index (χ1v) is 14.9. The number of thioether (sulfide) groups is 1. The predicted molar refractivity (Wildman–Crippen MR) is 167 cm³/mol. The molecule has 0 bridgehead atoms. The number of hydrogen-bond donors (Lipinski definition) is 2. The Morgan fingerprint density at radius 1 is 0.810 bits per heavy atom. The Labute approximate surface area is 252 Å². The Balaban J connectivity index is 1.24. The van der Waals surface area contributed by atoms with Gasteiger partial charge in [0, 0.05) is 34.2 Å². The van der Waals surface area contributed by atoms with Gasteiger partial charge in [-0.25, -0.2) is 9.97 Å². The molecule has 0 radical (unpaired) electrons. The smallest absolute Gasteiger partial charge is 0.226 e. The SMILES string of the molecule is COc1ccc(-c2nc(SCCC(=O)Nc3nc(-c4ccc(OC)c(OC)c4)cs3)[nH]c2-c2ccc(OC)cc2)cc1. The van der Waals surface area contributed by atoms with E-state index in [0.29, 0.717) is 28.8 Å². The quantitative estimate of drug-likeness (QED) is 0.147. The molecule has 0 saturated heterocycles. The number of imidazole rings is 1. The van der Waals surface area contributed by atoms with Crippen LogP contribution in [-0.2, 0) is 4.79 Å². The van der Waals surface area contributed by atoms with Gasteiger partial charge in [-0.05, 0) is 66.7 Å². The molecule has 0 aliphatic rings. The fourth-order valence-electron chi connectivity index (χ4n) is 4.23. The molecule has 0 atom stereocenters. The van der Waals surface area contributed by atoms with Crippen molar-refractivity contribution >= 4 is 34.1 Å². The second-order valence-electron chi connectivity index (χ2n) is 8.98. The second kappa shape index (κ2) is 13.5. The largest absolute Gasteiger partial charge is 0.497 e. The molecule has 5 aromatic rings. The normalized spacial score (nSPS) is 10.8. The number of thiazole rings is 1. The van der Waals surface area contributed by atoms with Gasteiger partial charge >= 0.3 is 0 Å². The van der Waals surface area contributed by atoms with Crippen LogP contribution in [0.3, 0.4) is 0 Å². The highest BCUT2D eigenvalue weighted by Crippen LogP contribution is 2.35. The van der Waals surface area contributed by atoms with Crippen molar-refractivity contribution in [3.8, 4) is 56.8 Å². The van der Waals surface area contributed by atoms with E-state index >= 15 is 0 Å². The van der Waals surface area contributed by atoms with E-state index in [0.717, 1.165) is 50.4 Å². The molecule has 216 valence electrons. The van der Waals surface area contributed by atoms with Gasteiger partial charge in [-0.2, -0.15) is 0 Å². The summed E-state index contributed by atoms with van der Waals surface area (Å²) >= 11 is 2.86. The maximum atomic E-state index is 12.7. The monoisotopic (exact) mass is 602 g/mol. The van der Waals surface area contributed by atoms with E-state index in [-0.39, 0.29) is 5.91 Å². The number of hydrogen-bond acceptors (Lipinski definition) is 9. The number of ether oxygens (including phenoxy) is 4. The van der Waals surface area contributed by atoms with E-state index in [1.807, 2.05) is 72.1 Å². The zero-order valence-corrected chi connectivity index (χ0v) is 25.2.